The molecule has 0 radical (unpaired) electrons. The molecule has 12 rings (SSSR count). The lowest BCUT2D eigenvalue weighted by Crippen LogP contribution is -2.69. The predicted octanol–water partition coefficient (Wildman–Crippen LogP) is -6.65. The van der Waals surface area contributed by atoms with Crippen LogP contribution in [0, 0.1) is 50.2 Å². The number of aliphatic hydroxyl groups is 20. The van der Waals surface area contributed by atoms with Gasteiger partial charge < -0.3 is 168 Å². The van der Waals surface area contributed by atoms with Crippen LogP contribution in [0.4, 0.5) is 0 Å². The highest BCUT2D eigenvalue weighted by molar-refractivity contribution is 5.79. The largest absolute Gasteiger partial charge is 0.432 e. The van der Waals surface area contributed by atoms with E-state index in [1.807, 2.05) is 27.7 Å². The van der Waals surface area contributed by atoms with Gasteiger partial charge in [0, 0.05) is 0 Å². The van der Waals surface area contributed by atoms with Gasteiger partial charge in [0.05, 0.1) is 69.0 Å². The maximum absolute atomic E-state index is 15.0. The Bertz CT molecular complexity index is 2970. The van der Waals surface area contributed by atoms with Crippen LogP contribution in [0.15, 0.2) is 11.6 Å². The molecule has 7 heterocycles. The van der Waals surface area contributed by atoms with Crippen molar-refractivity contribution in [2.75, 3.05) is 33.0 Å². The Morgan fingerprint density at radius 2 is 0.962 bits per heavy atom. The van der Waals surface area contributed by atoms with Crippen LogP contribution in [0.1, 0.15) is 114 Å². The molecule has 4 saturated carbocycles. The van der Waals surface area contributed by atoms with Crippen molar-refractivity contribution in [2.45, 2.75) is 329 Å². The molecule has 11 fully saturated rings. The number of allylic oxidation sites excluding steroid dienone is 2. The lowest BCUT2D eigenvalue weighted by Gasteiger charge is -2.72. The van der Waals surface area contributed by atoms with Gasteiger partial charge in [-0.2, -0.15) is 0 Å². The van der Waals surface area contributed by atoms with Gasteiger partial charge in [0.1, 0.15) is 140 Å². The molecule has 12 aliphatic rings. The first-order valence-electron chi connectivity index (χ1n) is 36.5. The van der Waals surface area contributed by atoms with Crippen LogP contribution in [0.25, 0.3) is 0 Å². The zero-order valence-corrected chi connectivity index (χ0v) is 59.8. The fourth-order valence-corrected chi connectivity index (χ4v) is 20.1. The number of hydrogen-bond donors (Lipinski definition) is 20. The molecule has 7 saturated heterocycles. The van der Waals surface area contributed by atoms with E-state index in [2.05, 4.69) is 26.8 Å². The molecule has 0 unspecified atom stereocenters. The van der Waals surface area contributed by atoms with Gasteiger partial charge in [-0.25, -0.2) is 0 Å². The average molecular weight is 1500 g/mol. The maximum Gasteiger partial charge on any atom is 0.315 e. The van der Waals surface area contributed by atoms with E-state index in [4.69, 9.17) is 66.3 Å². The van der Waals surface area contributed by atoms with Crippen LogP contribution >= 0.6 is 0 Å². The Morgan fingerprint density at radius 1 is 0.452 bits per heavy atom. The summed E-state index contributed by atoms with van der Waals surface area (Å²) in [6.45, 7) is 13.5. The van der Waals surface area contributed by atoms with E-state index in [0.29, 0.717) is 32.1 Å². The van der Waals surface area contributed by atoms with Crippen molar-refractivity contribution in [1.82, 2.24) is 0 Å². The third-order valence-corrected chi connectivity index (χ3v) is 26.7. The number of rotatable bonds is 16. The third kappa shape index (κ3) is 13.9. The number of aliphatic hydroxyl groups excluding tert-OH is 20. The maximum atomic E-state index is 15.0. The van der Waals surface area contributed by atoms with E-state index in [9.17, 15) is 107 Å². The van der Waals surface area contributed by atoms with Crippen LogP contribution < -0.4 is 0 Å². The minimum absolute atomic E-state index is 0.0531. The van der Waals surface area contributed by atoms with Crippen LogP contribution in [0.3, 0.4) is 0 Å². The van der Waals surface area contributed by atoms with Crippen molar-refractivity contribution in [3.8, 4) is 0 Å². The number of carbonyl (C=O) groups is 1. The van der Waals surface area contributed by atoms with E-state index >= 15 is 0 Å². The van der Waals surface area contributed by atoms with Gasteiger partial charge in [0.2, 0.25) is 6.29 Å². The summed E-state index contributed by atoms with van der Waals surface area (Å²) in [6.07, 6.45) is -55.4. The van der Waals surface area contributed by atoms with E-state index < -0.39 is 292 Å². The first-order valence-corrected chi connectivity index (χ1v) is 36.5. The molecular formula is C69H112O35. The number of fused-ring (bicyclic) bond motifs is 7. The molecule has 0 amide bonds. The number of ether oxygens (including phenoxy) is 14. The monoisotopic (exact) mass is 1500 g/mol. The normalized spacial score (nSPS) is 55.4. The highest BCUT2D eigenvalue weighted by Gasteiger charge is 2.72. The first kappa shape index (κ1) is 81.4. The number of hydrogen-bond acceptors (Lipinski definition) is 35. The molecule has 104 heavy (non-hydrogen) atoms. The summed E-state index contributed by atoms with van der Waals surface area (Å²) < 4.78 is 85.4. The summed E-state index contributed by atoms with van der Waals surface area (Å²) in [5.74, 6) is -1.48. The van der Waals surface area contributed by atoms with Crippen LogP contribution in [0.2, 0.25) is 0 Å². The average Bonchev–Trinajstić information content (AvgIpc) is 0.672. The Balaban J connectivity index is 0.845. The second-order valence-corrected chi connectivity index (χ2v) is 33.5. The smallest absolute Gasteiger partial charge is 0.315 e. The number of esters is 1. The summed E-state index contributed by atoms with van der Waals surface area (Å²) in [5, 5.41) is 224. The SMILES string of the molecule is C[C@@H]1O[C@@H](OC(=O)[C@@]23CC[C@]4(C)C(=CC[C@@H]5[C@@]6(C)C[C@@H](O)[C@H](O[C@@H]7O[C@H](CO)[C@@H](O[C@@H]8OC[C@@H](O)[C@H](O)[C@H]8O)[C@H](O)[C@H]7O[C@@H]7OC[C@@H](O[C@@H]8OC[C@H](O)[C@H](O)[C@H]8O)[C@H](O[C@@H]8O[C@H](CO)[C@@H](O)[C@H](O)[C@H]8O[C@@H]8O[C@@H](C)[C@H](O)[C@@H](O)[C@H]8O)[C@H]7O)C(C)(C)[C@@H]6CC[C@]54C)[C@@H]2CC(C)(C)[C@@H](O)C3)[C@H](O)[C@H](O)[C@H]1O. The topological polar surface area (TPSA) is 551 Å². The highest BCUT2D eigenvalue weighted by atomic mass is 16.8. The molecule has 0 spiro atoms. The zero-order chi connectivity index (χ0) is 75.9. The minimum atomic E-state index is -2.24. The molecular weight excluding hydrogens is 1390 g/mol. The van der Waals surface area contributed by atoms with Gasteiger partial charge in [-0.3, -0.25) is 4.79 Å². The van der Waals surface area contributed by atoms with Gasteiger partial charge in [0.25, 0.3) is 0 Å². The van der Waals surface area contributed by atoms with Gasteiger partial charge in [-0.1, -0.05) is 60.1 Å². The van der Waals surface area contributed by atoms with Crippen molar-refractivity contribution < 1.29 is 173 Å². The van der Waals surface area contributed by atoms with E-state index in [1.165, 1.54) is 13.8 Å². The highest BCUT2D eigenvalue weighted by Crippen LogP contribution is 2.76. The van der Waals surface area contributed by atoms with Crippen LogP contribution in [-0.2, 0) is 71.1 Å². The van der Waals surface area contributed by atoms with Crippen molar-refractivity contribution in [1.29, 1.82) is 0 Å². The fraction of sp³-hybridized carbons (Fsp3) is 0.957. The number of carbonyl (C=O) groups excluding carboxylic acids is 1. The second kappa shape index (κ2) is 30.4. The molecule has 35 nitrogen and oxygen atoms in total. The molecule has 42 atom stereocenters. The summed E-state index contributed by atoms with van der Waals surface area (Å²) in [5.41, 5.74) is -3.59. The summed E-state index contributed by atoms with van der Waals surface area (Å²) in [7, 11) is 0. The third-order valence-electron chi connectivity index (χ3n) is 26.7. The summed E-state index contributed by atoms with van der Waals surface area (Å²) in [4.78, 5) is 15.0. The van der Waals surface area contributed by atoms with Crippen molar-refractivity contribution in [2.24, 2.45) is 50.2 Å². The lowest BCUT2D eigenvalue weighted by atomic mass is 9.33. The van der Waals surface area contributed by atoms with Gasteiger partial charge in [0.15, 0.2) is 37.7 Å². The molecule has 35 heteroatoms. The van der Waals surface area contributed by atoms with E-state index in [1.54, 1.807) is 0 Å². The molecule has 0 bridgehead atoms. The quantitative estimate of drug-likeness (QED) is 0.0388. The molecule has 598 valence electrons. The fourth-order valence-electron chi connectivity index (χ4n) is 20.1. The Hall–Kier alpha value is -2.11. The Kier molecular flexibility index (Phi) is 23.8. The van der Waals surface area contributed by atoms with Crippen LogP contribution in [-0.4, -0.2) is 356 Å². The van der Waals surface area contributed by atoms with Crippen LogP contribution in [0.5, 0.6) is 0 Å². The molecule has 5 aliphatic carbocycles. The predicted molar refractivity (Wildman–Crippen MR) is 343 cm³/mol. The van der Waals surface area contributed by atoms with Gasteiger partial charge in [-0.15, -0.1) is 0 Å². The first-order chi connectivity index (χ1) is 48.7. The molecule has 0 aromatic carbocycles. The van der Waals surface area contributed by atoms with Crippen molar-refractivity contribution >= 4 is 5.97 Å². The van der Waals surface area contributed by atoms with Crippen molar-refractivity contribution in [3.63, 3.8) is 0 Å². The Morgan fingerprint density at radius 3 is 1.58 bits per heavy atom. The molecule has 7 aliphatic heterocycles. The second-order valence-electron chi connectivity index (χ2n) is 33.5. The molecule has 0 aromatic heterocycles. The standard InChI is InChI=1S/C69H112O35/c1-24-37(76)42(81)47(86)59(94-24)102-53-44(83)41(80)31(19-70)96-61(53)100-52-33(98-56-45(84)39(78)29(73)21-91-56)23-93-58(50(52)89)101-54-49(88)51(99-57-46(85)40(79)30(74)22-92-57)32(20-71)97-62(54)103-55-28(72)17-66(7)34(65(55,5)6)12-13-68(9)35(66)11-10-26-27-16-64(3,4)36(75)18-69(27,15-14-67(26,68)8)63(90)104-60-48(87)43(82)38(77)25(2)95-60/h10,24-25,27-62,70-89H,11-23H2,1-9H3/t24-,25-,27-,28+,29-,30+,31+,32+,33+,34-,35+,36-,37-,38-,39-,40-,41+,42+,43+,44-,45+,46+,47+,48+,49-,50+,51+,52-,53+,54+,55-,56-,57-,58-,59-,60-,61-,62-,66-,67+,68+,69+/m0/s1. The zero-order valence-electron chi connectivity index (χ0n) is 59.8. The minimum Gasteiger partial charge on any atom is -0.432 e. The molecule has 20 N–H and O–H groups in total. The van der Waals surface area contributed by atoms with E-state index in [-0.39, 0.29) is 31.1 Å². The molecule has 0 aromatic rings. The van der Waals surface area contributed by atoms with Gasteiger partial charge in [-0.05, 0) is 110 Å². The van der Waals surface area contributed by atoms with E-state index in [0.717, 1.165) is 5.57 Å². The van der Waals surface area contributed by atoms with Gasteiger partial charge >= 0.3 is 5.97 Å². The summed E-state index contributed by atoms with van der Waals surface area (Å²) >= 11 is 0. The lowest BCUT2D eigenvalue weighted by molar-refractivity contribution is -0.407. The van der Waals surface area contributed by atoms with Crippen molar-refractivity contribution in [3.05, 3.63) is 11.6 Å². The Labute approximate surface area is 600 Å². The summed E-state index contributed by atoms with van der Waals surface area (Å²) in [6, 6.07) is 0.